The van der Waals surface area contributed by atoms with Gasteiger partial charge in [0, 0.05) is 11.3 Å². The van der Waals surface area contributed by atoms with E-state index in [1.54, 1.807) is 0 Å². The van der Waals surface area contributed by atoms with Crippen LogP contribution in [0.2, 0.25) is 0 Å². The maximum Gasteiger partial charge on any atom is 0.0708 e. The molecule has 1 nitrogen and oxygen atoms in total. The fraction of sp³-hybridized carbons (Fsp3) is 0.214. The van der Waals surface area contributed by atoms with Gasteiger partial charge in [0.25, 0.3) is 0 Å². The molecule has 2 aromatic rings. The molecule has 0 aliphatic carbocycles. The van der Waals surface area contributed by atoms with Gasteiger partial charge in [0.05, 0.1) is 5.69 Å². The minimum atomic E-state index is 1.07. The SMILES string of the molecule is Cc1ccccc1-c1ccc(C)c(C)n1. The minimum Gasteiger partial charge on any atom is -0.253 e. The van der Waals surface area contributed by atoms with Crippen LogP contribution in [0.15, 0.2) is 36.4 Å². The highest BCUT2D eigenvalue weighted by Gasteiger charge is 2.03. The molecule has 76 valence electrons. The van der Waals surface area contributed by atoms with E-state index in [1.807, 2.05) is 0 Å². The quantitative estimate of drug-likeness (QED) is 0.679. The summed E-state index contributed by atoms with van der Waals surface area (Å²) in [7, 11) is 0. The van der Waals surface area contributed by atoms with Gasteiger partial charge in [-0.3, -0.25) is 4.98 Å². The maximum atomic E-state index is 4.60. The summed E-state index contributed by atoms with van der Waals surface area (Å²) >= 11 is 0. The highest BCUT2D eigenvalue weighted by atomic mass is 14.7. The third kappa shape index (κ3) is 1.91. The molecule has 2 rings (SSSR count). The Balaban J connectivity index is 2.55. The zero-order chi connectivity index (χ0) is 10.8. The van der Waals surface area contributed by atoms with Crippen molar-refractivity contribution < 1.29 is 0 Å². The van der Waals surface area contributed by atoms with E-state index in [2.05, 4.69) is 62.2 Å². The van der Waals surface area contributed by atoms with E-state index in [9.17, 15) is 0 Å². The molecule has 0 aliphatic heterocycles. The van der Waals surface area contributed by atoms with Gasteiger partial charge in [-0.2, -0.15) is 0 Å². The molecule has 0 radical (unpaired) electrons. The topological polar surface area (TPSA) is 12.9 Å². The summed E-state index contributed by atoms with van der Waals surface area (Å²) in [6.07, 6.45) is 0. The van der Waals surface area contributed by atoms with Gasteiger partial charge < -0.3 is 0 Å². The van der Waals surface area contributed by atoms with E-state index in [-0.39, 0.29) is 0 Å². The first-order valence-corrected chi connectivity index (χ1v) is 5.19. The Labute approximate surface area is 90.8 Å². The molecule has 0 spiro atoms. The van der Waals surface area contributed by atoms with Crippen molar-refractivity contribution in [3.63, 3.8) is 0 Å². The monoisotopic (exact) mass is 197 g/mol. The van der Waals surface area contributed by atoms with Crippen LogP contribution in [-0.4, -0.2) is 4.98 Å². The molecule has 0 N–H and O–H groups in total. The van der Waals surface area contributed by atoms with Gasteiger partial charge in [0.1, 0.15) is 0 Å². The van der Waals surface area contributed by atoms with Crippen LogP contribution in [0.1, 0.15) is 16.8 Å². The smallest absolute Gasteiger partial charge is 0.0708 e. The van der Waals surface area contributed by atoms with Crippen molar-refractivity contribution in [1.29, 1.82) is 0 Å². The van der Waals surface area contributed by atoms with Crippen LogP contribution in [-0.2, 0) is 0 Å². The molecule has 1 heteroatoms. The third-order valence-electron chi connectivity index (χ3n) is 2.77. The third-order valence-corrected chi connectivity index (χ3v) is 2.77. The fourth-order valence-electron chi connectivity index (χ4n) is 1.64. The normalized spacial score (nSPS) is 10.3. The van der Waals surface area contributed by atoms with E-state index in [4.69, 9.17) is 0 Å². The van der Waals surface area contributed by atoms with Gasteiger partial charge in [0.2, 0.25) is 0 Å². The van der Waals surface area contributed by atoms with Crippen LogP contribution in [0.25, 0.3) is 11.3 Å². The molecular formula is C14H15N. The van der Waals surface area contributed by atoms with Crippen LogP contribution < -0.4 is 0 Å². The first-order chi connectivity index (χ1) is 7.18. The molecule has 0 saturated heterocycles. The van der Waals surface area contributed by atoms with Crippen molar-refractivity contribution in [2.75, 3.05) is 0 Å². The molecule has 1 aromatic heterocycles. The second-order valence-electron chi connectivity index (χ2n) is 3.91. The lowest BCUT2D eigenvalue weighted by atomic mass is 10.0. The number of hydrogen-bond donors (Lipinski definition) is 0. The Kier molecular flexibility index (Phi) is 2.55. The summed E-state index contributed by atoms with van der Waals surface area (Å²) in [5, 5.41) is 0. The number of benzene rings is 1. The number of aryl methyl sites for hydroxylation is 3. The molecule has 0 unspecified atom stereocenters. The van der Waals surface area contributed by atoms with E-state index >= 15 is 0 Å². The molecule has 0 aliphatic rings. The van der Waals surface area contributed by atoms with Crippen molar-refractivity contribution >= 4 is 0 Å². The van der Waals surface area contributed by atoms with Crippen molar-refractivity contribution in [1.82, 2.24) is 4.98 Å². The first kappa shape index (κ1) is 9.91. The van der Waals surface area contributed by atoms with E-state index in [1.165, 1.54) is 16.7 Å². The van der Waals surface area contributed by atoms with Crippen LogP contribution in [0, 0.1) is 20.8 Å². The predicted octanol–water partition coefficient (Wildman–Crippen LogP) is 3.67. The standard InChI is InChI=1S/C14H15N/c1-10-8-9-14(15-12(10)3)13-7-5-4-6-11(13)2/h4-9H,1-3H3. The Morgan fingerprint density at radius 1 is 0.800 bits per heavy atom. The van der Waals surface area contributed by atoms with Crippen molar-refractivity contribution in [2.45, 2.75) is 20.8 Å². The highest BCUT2D eigenvalue weighted by Crippen LogP contribution is 2.21. The van der Waals surface area contributed by atoms with Gasteiger partial charge in [0.15, 0.2) is 0 Å². The lowest BCUT2D eigenvalue weighted by Crippen LogP contribution is -1.91. The second kappa shape index (κ2) is 3.85. The number of rotatable bonds is 1. The second-order valence-corrected chi connectivity index (χ2v) is 3.91. The summed E-state index contributed by atoms with van der Waals surface area (Å²) in [4.78, 5) is 4.60. The average molecular weight is 197 g/mol. The maximum absolute atomic E-state index is 4.60. The molecule has 0 amide bonds. The van der Waals surface area contributed by atoms with Gasteiger partial charge in [-0.05, 0) is 38.0 Å². The molecule has 1 aromatic carbocycles. The highest BCUT2D eigenvalue weighted by molar-refractivity contribution is 5.63. The zero-order valence-electron chi connectivity index (χ0n) is 9.41. The Bertz CT molecular complexity index is 486. The molecule has 0 bridgehead atoms. The fourth-order valence-corrected chi connectivity index (χ4v) is 1.64. The molecule has 0 atom stereocenters. The molecule has 15 heavy (non-hydrogen) atoms. The molecular weight excluding hydrogens is 182 g/mol. The molecule has 0 saturated carbocycles. The average Bonchev–Trinajstić information content (AvgIpc) is 2.23. The predicted molar refractivity (Wildman–Crippen MR) is 63.9 cm³/mol. The van der Waals surface area contributed by atoms with E-state index in [0.29, 0.717) is 0 Å². The summed E-state index contributed by atoms with van der Waals surface area (Å²) < 4.78 is 0. The van der Waals surface area contributed by atoms with Gasteiger partial charge >= 0.3 is 0 Å². The summed E-state index contributed by atoms with van der Waals surface area (Å²) in [6.45, 7) is 6.26. The number of pyridine rings is 1. The van der Waals surface area contributed by atoms with Gasteiger partial charge in [-0.25, -0.2) is 0 Å². The van der Waals surface area contributed by atoms with Crippen LogP contribution in [0.4, 0.5) is 0 Å². The number of nitrogens with zero attached hydrogens (tertiary/aromatic N) is 1. The summed E-state index contributed by atoms with van der Waals surface area (Å²) in [5.74, 6) is 0. The Morgan fingerprint density at radius 2 is 1.53 bits per heavy atom. The lowest BCUT2D eigenvalue weighted by molar-refractivity contribution is 1.15. The van der Waals surface area contributed by atoms with Gasteiger partial charge in [-0.1, -0.05) is 30.3 Å². The van der Waals surface area contributed by atoms with E-state index in [0.717, 1.165) is 11.4 Å². The Hall–Kier alpha value is -1.63. The largest absolute Gasteiger partial charge is 0.253 e. The van der Waals surface area contributed by atoms with Gasteiger partial charge in [-0.15, -0.1) is 0 Å². The van der Waals surface area contributed by atoms with Crippen molar-refractivity contribution in [2.24, 2.45) is 0 Å². The lowest BCUT2D eigenvalue weighted by Gasteiger charge is -2.07. The summed E-state index contributed by atoms with van der Waals surface area (Å²) in [5.41, 5.74) is 5.91. The van der Waals surface area contributed by atoms with Crippen LogP contribution in [0.3, 0.4) is 0 Å². The minimum absolute atomic E-state index is 1.07. The van der Waals surface area contributed by atoms with Crippen LogP contribution >= 0.6 is 0 Å². The van der Waals surface area contributed by atoms with Crippen molar-refractivity contribution in [3.8, 4) is 11.3 Å². The molecule has 1 heterocycles. The first-order valence-electron chi connectivity index (χ1n) is 5.19. The summed E-state index contributed by atoms with van der Waals surface area (Å²) in [6, 6.07) is 12.6. The number of aromatic nitrogens is 1. The Morgan fingerprint density at radius 3 is 2.20 bits per heavy atom. The van der Waals surface area contributed by atoms with E-state index < -0.39 is 0 Å². The van der Waals surface area contributed by atoms with Crippen molar-refractivity contribution in [3.05, 3.63) is 53.2 Å². The zero-order valence-corrected chi connectivity index (χ0v) is 9.41. The van der Waals surface area contributed by atoms with Crippen LogP contribution in [0.5, 0.6) is 0 Å². The molecule has 0 fully saturated rings. The number of hydrogen-bond acceptors (Lipinski definition) is 1.